The lowest BCUT2D eigenvalue weighted by Crippen LogP contribution is -2.01. The molecule has 0 heterocycles. The van der Waals surface area contributed by atoms with E-state index in [1.807, 2.05) is 0 Å². The van der Waals surface area contributed by atoms with E-state index in [-0.39, 0.29) is 3.23 Å². The molecule has 1 atom stereocenters. The van der Waals surface area contributed by atoms with Crippen LogP contribution >= 0.6 is 31.9 Å². The predicted octanol–water partition coefficient (Wildman–Crippen LogP) is 4.92. The Morgan fingerprint density at radius 2 is 2.00 bits per heavy atom. The lowest BCUT2D eigenvalue weighted by molar-refractivity contribution is 1.11. The number of hydrogen-bond donors (Lipinski definition) is 0. The van der Waals surface area contributed by atoms with Gasteiger partial charge in [0.25, 0.3) is 0 Å². The zero-order valence-corrected chi connectivity index (χ0v) is 12.3. The molecule has 3 aliphatic rings. The molecule has 1 aromatic rings. The van der Waals surface area contributed by atoms with E-state index >= 15 is 0 Å². The Kier molecular flexibility index (Phi) is 1.97. The third-order valence-corrected chi connectivity index (χ3v) is 5.63. The molecule has 1 aromatic carbocycles. The highest BCUT2D eigenvalue weighted by atomic mass is 79.9. The molecule has 0 aromatic heterocycles. The summed E-state index contributed by atoms with van der Waals surface area (Å²) in [6, 6.07) is 8.76. The molecule has 2 heteroatoms. The first-order valence-electron chi connectivity index (χ1n) is 5.79. The number of halogens is 2. The molecule has 1 unspecified atom stereocenters. The molecule has 4 rings (SSSR count). The Bertz CT molecular complexity index is 618. The third-order valence-electron chi connectivity index (χ3n) is 3.86. The molecule has 0 radical (unpaired) electrons. The van der Waals surface area contributed by atoms with Gasteiger partial charge in [0.15, 0.2) is 0 Å². The maximum Gasteiger partial charge on any atom is 0.113 e. The Balaban J connectivity index is 2.06. The van der Waals surface area contributed by atoms with E-state index in [1.54, 1.807) is 0 Å². The second-order valence-corrected chi connectivity index (χ2v) is 8.31. The monoisotopic (exact) mass is 348 g/mol. The first-order chi connectivity index (χ1) is 8.21. The van der Waals surface area contributed by atoms with Crippen molar-refractivity contribution in [2.24, 2.45) is 0 Å². The quantitative estimate of drug-likeness (QED) is 0.583. The minimum Gasteiger partial charge on any atom is -0.0801 e. The molecule has 1 fully saturated rings. The molecule has 0 aliphatic heterocycles. The summed E-state index contributed by atoms with van der Waals surface area (Å²) in [4.78, 5) is 0. The standard InChI is InChI=1S/C15H10Br2/c16-15(17)13-11-7-3-1-5-9(11)10-6-2-4-8-12(10)14(13)15/h1-7,13H,8H2. The van der Waals surface area contributed by atoms with Crippen LogP contribution in [0.3, 0.4) is 0 Å². The summed E-state index contributed by atoms with van der Waals surface area (Å²) in [7, 11) is 0. The van der Waals surface area contributed by atoms with E-state index in [1.165, 1.54) is 27.8 Å². The van der Waals surface area contributed by atoms with Crippen molar-refractivity contribution >= 4 is 37.4 Å². The van der Waals surface area contributed by atoms with Gasteiger partial charge in [-0.05, 0) is 34.3 Å². The van der Waals surface area contributed by atoms with Gasteiger partial charge in [-0.1, -0.05) is 74.4 Å². The van der Waals surface area contributed by atoms with Gasteiger partial charge >= 0.3 is 0 Å². The van der Waals surface area contributed by atoms with E-state index < -0.39 is 0 Å². The van der Waals surface area contributed by atoms with Crippen molar-refractivity contribution in [2.75, 3.05) is 0 Å². The van der Waals surface area contributed by atoms with Crippen LogP contribution in [0, 0.1) is 0 Å². The largest absolute Gasteiger partial charge is 0.113 e. The fourth-order valence-corrected chi connectivity index (χ4v) is 4.72. The van der Waals surface area contributed by atoms with Crippen molar-refractivity contribution < 1.29 is 0 Å². The van der Waals surface area contributed by atoms with Gasteiger partial charge in [0.1, 0.15) is 3.23 Å². The van der Waals surface area contributed by atoms with Gasteiger partial charge in [-0.25, -0.2) is 0 Å². The number of hydrogen-bond acceptors (Lipinski definition) is 0. The second kappa shape index (κ2) is 3.24. The minimum atomic E-state index is 0.00616. The van der Waals surface area contributed by atoms with E-state index in [0.29, 0.717) is 5.92 Å². The van der Waals surface area contributed by atoms with Gasteiger partial charge < -0.3 is 0 Å². The summed E-state index contributed by atoms with van der Waals surface area (Å²) in [5.74, 6) is 0.511. The zero-order valence-electron chi connectivity index (χ0n) is 9.08. The van der Waals surface area contributed by atoms with Gasteiger partial charge in [0.2, 0.25) is 0 Å². The zero-order chi connectivity index (χ0) is 11.6. The normalized spacial score (nSPS) is 26.9. The molecule has 0 amide bonds. The molecular formula is C15H10Br2. The molecular weight excluding hydrogens is 340 g/mol. The summed E-state index contributed by atoms with van der Waals surface area (Å²) >= 11 is 7.64. The summed E-state index contributed by atoms with van der Waals surface area (Å²) in [5.41, 5.74) is 7.29. The van der Waals surface area contributed by atoms with Crippen molar-refractivity contribution in [3.63, 3.8) is 0 Å². The van der Waals surface area contributed by atoms with Gasteiger partial charge in [0, 0.05) is 5.92 Å². The average molecular weight is 350 g/mol. The smallest absolute Gasteiger partial charge is 0.0801 e. The van der Waals surface area contributed by atoms with Crippen LogP contribution in [0.4, 0.5) is 0 Å². The Morgan fingerprint density at radius 1 is 1.18 bits per heavy atom. The molecule has 0 saturated heterocycles. The molecule has 3 aliphatic carbocycles. The van der Waals surface area contributed by atoms with Gasteiger partial charge in [-0.15, -0.1) is 0 Å². The fraction of sp³-hybridized carbons (Fsp3) is 0.200. The van der Waals surface area contributed by atoms with Crippen LogP contribution in [0.15, 0.2) is 53.6 Å². The van der Waals surface area contributed by atoms with Crippen LogP contribution in [0.25, 0.3) is 5.57 Å². The van der Waals surface area contributed by atoms with E-state index in [4.69, 9.17) is 0 Å². The lowest BCUT2D eigenvalue weighted by atomic mass is 9.83. The SMILES string of the molecule is BrC1(Br)C2=C3CC=CC=C3c3ccccc3C21. The van der Waals surface area contributed by atoms with Crippen LogP contribution in [-0.4, -0.2) is 3.23 Å². The molecule has 17 heavy (non-hydrogen) atoms. The number of rotatable bonds is 0. The van der Waals surface area contributed by atoms with Gasteiger partial charge in [0.05, 0.1) is 0 Å². The summed E-state index contributed by atoms with van der Waals surface area (Å²) in [6.07, 6.45) is 7.72. The minimum absolute atomic E-state index is 0.00616. The van der Waals surface area contributed by atoms with Crippen LogP contribution < -0.4 is 0 Å². The van der Waals surface area contributed by atoms with E-state index in [0.717, 1.165) is 6.42 Å². The molecule has 0 spiro atoms. The Morgan fingerprint density at radius 3 is 2.88 bits per heavy atom. The highest BCUT2D eigenvalue weighted by Gasteiger charge is 2.61. The number of allylic oxidation sites excluding steroid dienone is 6. The molecule has 84 valence electrons. The second-order valence-electron chi connectivity index (χ2n) is 4.75. The van der Waals surface area contributed by atoms with Crippen molar-refractivity contribution in [1.82, 2.24) is 0 Å². The van der Waals surface area contributed by atoms with Gasteiger partial charge in [-0.3, -0.25) is 0 Å². The predicted molar refractivity (Wildman–Crippen MR) is 78.5 cm³/mol. The van der Waals surface area contributed by atoms with Crippen molar-refractivity contribution in [3.8, 4) is 0 Å². The summed E-state index contributed by atoms with van der Waals surface area (Å²) < 4.78 is 0.00616. The van der Waals surface area contributed by atoms with Crippen molar-refractivity contribution in [1.29, 1.82) is 0 Å². The lowest BCUT2D eigenvalue weighted by Gasteiger charge is -2.20. The molecule has 1 saturated carbocycles. The number of alkyl halides is 2. The van der Waals surface area contributed by atoms with Crippen molar-refractivity contribution in [3.05, 3.63) is 64.8 Å². The molecule has 0 N–H and O–H groups in total. The maximum absolute atomic E-state index is 3.82. The third kappa shape index (κ3) is 1.23. The number of fused-ring (bicyclic) bond motifs is 5. The van der Waals surface area contributed by atoms with Crippen LogP contribution in [0.2, 0.25) is 0 Å². The maximum atomic E-state index is 3.82. The van der Waals surface area contributed by atoms with Crippen molar-refractivity contribution in [2.45, 2.75) is 15.6 Å². The first-order valence-corrected chi connectivity index (χ1v) is 7.37. The van der Waals surface area contributed by atoms with E-state index in [2.05, 4.69) is 74.4 Å². The average Bonchev–Trinajstić information content (AvgIpc) is 2.94. The topological polar surface area (TPSA) is 0 Å². The Hall–Kier alpha value is -0.600. The molecule has 0 bridgehead atoms. The van der Waals surface area contributed by atoms with Crippen LogP contribution in [0.1, 0.15) is 23.5 Å². The highest BCUT2D eigenvalue weighted by molar-refractivity contribution is 9.25. The van der Waals surface area contributed by atoms with E-state index in [9.17, 15) is 0 Å². The van der Waals surface area contributed by atoms with Gasteiger partial charge in [-0.2, -0.15) is 0 Å². The summed E-state index contributed by atoms with van der Waals surface area (Å²) in [6.45, 7) is 0. The first kappa shape index (κ1) is 10.3. The highest BCUT2D eigenvalue weighted by Crippen LogP contribution is 2.72. The molecule has 0 nitrogen and oxygen atoms in total. The number of benzene rings is 1. The summed E-state index contributed by atoms with van der Waals surface area (Å²) in [5, 5.41) is 0. The fourth-order valence-electron chi connectivity index (χ4n) is 3.07. The van der Waals surface area contributed by atoms with Crippen LogP contribution in [0.5, 0.6) is 0 Å². The van der Waals surface area contributed by atoms with Crippen LogP contribution in [-0.2, 0) is 0 Å². The Labute approximate surface area is 117 Å².